The van der Waals surface area contributed by atoms with E-state index in [0.717, 1.165) is 67.2 Å². The van der Waals surface area contributed by atoms with Gasteiger partial charge in [0.1, 0.15) is 12.4 Å². The van der Waals surface area contributed by atoms with Crippen LogP contribution in [0.5, 0.6) is 5.75 Å². The number of piperidine rings is 1. The number of nitrogens with zero attached hydrogens (tertiary/aromatic N) is 1. The van der Waals surface area contributed by atoms with Gasteiger partial charge in [-0.2, -0.15) is 0 Å². The third kappa shape index (κ3) is 4.34. The van der Waals surface area contributed by atoms with Crippen molar-refractivity contribution < 1.29 is 14.3 Å². The number of nitrogens with one attached hydrogen (secondary N) is 2. The van der Waals surface area contributed by atoms with Gasteiger partial charge in [0.15, 0.2) is 0 Å². The van der Waals surface area contributed by atoms with Crippen LogP contribution < -0.4 is 15.4 Å². The van der Waals surface area contributed by atoms with E-state index in [-0.39, 0.29) is 16.6 Å². The molecule has 6 nitrogen and oxygen atoms in total. The fourth-order valence-electron chi connectivity index (χ4n) is 4.88. The van der Waals surface area contributed by atoms with Crippen LogP contribution in [0.1, 0.15) is 31.2 Å². The van der Waals surface area contributed by atoms with Gasteiger partial charge >= 0.3 is 0 Å². The van der Waals surface area contributed by atoms with Gasteiger partial charge in [0.2, 0.25) is 11.8 Å². The van der Waals surface area contributed by atoms with Crippen molar-refractivity contribution in [3.8, 4) is 5.75 Å². The number of halogens is 1. The van der Waals surface area contributed by atoms with Gasteiger partial charge in [-0.05, 0) is 86.8 Å². The first-order valence-corrected chi connectivity index (χ1v) is 12.6. The van der Waals surface area contributed by atoms with Crippen LogP contribution in [0, 0.1) is 0 Å². The van der Waals surface area contributed by atoms with E-state index in [1.807, 2.05) is 42.5 Å². The Morgan fingerprint density at radius 2 is 1.88 bits per heavy atom. The molecule has 0 aromatic heterocycles. The summed E-state index contributed by atoms with van der Waals surface area (Å²) in [7, 11) is 1.69. The van der Waals surface area contributed by atoms with E-state index >= 15 is 0 Å². The molecule has 33 heavy (non-hydrogen) atoms. The molecule has 2 heterocycles. The van der Waals surface area contributed by atoms with E-state index in [1.165, 1.54) is 0 Å². The van der Waals surface area contributed by atoms with Crippen molar-refractivity contribution in [2.45, 2.75) is 40.7 Å². The number of hydrogen-bond acceptors (Lipinski definition) is 5. The SMILES string of the molecule is CNC(=O)C1(Sc2ccc(OCCN3CCC4(CC3)C(=O)Nc3ccc(Cl)cc34)cc2)CC1. The number of likely N-dealkylation sites (tertiary alicyclic amines) is 1. The number of anilines is 1. The van der Waals surface area contributed by atoms with Crippen LogP contribution in [-0.4, -0.2) is 54.8 Å². The van der Waals surface area contributed by atoms with Crippen LogP contribution in [0.25, 0.3) is 0 Å². The smallest absolute Gasteiger partial charge is 0.236 e. The number of fused-ring (bicyclic) bond motifs is 2. The molecule has 174 valence electrons. The van der Waals surface area contributed by atoms with Gasteiger partial charge in [-0.3, -0.25) is 14.5 Å². The Bertz CT molecular complexity index is 1060. The Labute approximate surface area is 203 Å². The Balaban J connectivity index is 1.11. The summed E-state index contributed by atoms with van der Waals surface area (Å²) in [5, 5.41) is 6.47. The lowest BCUT2D eigenvalue weighted by Gasteiger charge is -2.37. The Hall–Kier alpha value is -2.22. The highest BCUT2D eigenvalue weighted by Gasteiger charge is 2.50. The molecular formula is C25H28ClN3O3S. The third-order valence-corrected chi connectivity index (χ3v) is 8.78. The molecule has 5 rings (SSSR count). The molecule has 2 amide bonds. The lowest BCUT2D eigenvalue weighted by Crippen LogP contribution is -2.47. The molecule has 2 aromatic carbocycles. The van der Waals surface area contributed by atoms with Crippen molar-refractivity contribution in [3.63, 3.8) is 0 Å². The molecule has 1 saturated carbocycles. The summed E-state index contributed by atoms with van der Waals surface area (Å²) in [6.45, 7) is 3.10. The standard InChI is InChI=1S/C25H28ClN3O3S/c1-27-23(31)25(8-9-25)33-19-5-3-18(4-6-19)32-15-14-29-12-10-24(11-13-29)20-16-17(26)2-7-21(20)28-22(24)30/h2-7,16H,8-15H2,1H3,(H,27,31)(H,28,30). The Morgan fingerprint density at radius 1 is 1.15 bits per heavy atom. The largest absolute Gasteiger partial charge is 0.492 e. The maximum absolute atomic E-state index is 12.8. The second-order valence-corrected chi connectivity index (χ2v) is 11.0. The van der Waals surface area contributed by atoms with Gasteiger partial charge in [-0.1, -0.05) is 11.6 Å². The molecule has 8 heteroatoms. The van der Waals surface area contributed by atoms with Crippen molar-refractivity contribution in [3.05, 3.63) is 53.1 Å². The molecule has 2 aromatic rings. The fraction of sp³-hybridized carbons (Fsp3) is 0.440. The van der Waals surface area contributed by atoms with Gasteiger partial charge in [0, 0.05) is 29.2 Å². The average molecular weight is 486 g/mol. The van der Waals surface area contributed by atoms with Crippen molar-refractivity contribution in [2.75, 3.05) is 38.6 Å². The summed E-state index contributed by atoms with van der Waals surface area (Å²) in [5.41, 5.74) is 1.47. The second-order valence-electron chi connectivity index (χ2n) is 9.06. The van der Waals surface area contributed by atoms with Crippen LogP contribution in [0.2, 0.25) is 5.02 Å². The fourth-order valence-corrected chi connectivity index (χ4v) is 6.28. The highest BCUT2D eigenvalue weighted by atomic mass is 35.5. The first-order valence-electron chi connectivity index (χ1n) is 11.4. The molecular weight excluding hydrogens is 458 g/mol. The summed E-state index contributed by atoms with van der Waals surface area (Å²) in [6.07, 6.45) is 3.41. The maximum atomic E-state index is 12.8. The molecule has 3 aliphatic rings. The number of carbonyl (C=O) groups excluding carboxylic acids is 2. The van der Waals surface area contributed by atoms with E-state index in [9.17, 15) is 9.59 Å². The summed E-state index contributed by atoms with van der Waals surface area (Å²) < 4.78 is 5.67. The Kier molecular flexibility index (Phi) is 6.05. The van der Waals surface area contributed by atoms with Crippen molar-refractivity contribution in [1.29, 1.82) is 0 Å². The number of benzene rings is 2. The van der Waals surface area contributed by atoms with Gasteiger partial charge < -0.3 is 15.4 Å². The minimum atomic E-state index is -0.460. The molecule has 0 unspecified atom stereocenters. The zero-order valence-corrected chi connectivity index (χ0v) is 20.2. The van der Waals surface area contributed by atoms with Gasteiger partial charge in [-0.15, -0.1) is 11.8 Å². The Morgan fingerprint density at radius 3 is 2.55 bits per heavy atom. The molecule has 2 aliphatic heterocycles. The number of amides is 2. The van der Waals surface area contributed by atoms with Crippen LogP contribution in [0.15, 0.2) is 47.4 Å². The maximum Gasteiger partial charge on any atom is 0.236 e. The highest BCUT2D eigenvalue weighted by Crippen LogP contribution is 2.52. The first kappa shape index (κ1) is 22.6. The highest BCUT2D eigenvalue weighted by molar-refractivity contribution is 8.01. The van der Waals surface area contributed by atoms with Crippen molar-refractivity contribution in [1.82, 2.24) is 10.2 Å². The molecule has 2 N–H and O–H groups in total. The molecule has 1 spiro atoms. The zero-order valence-electron chi connectivity index (χ0n) is 18.7. The summed E-state index contributed by atoms with van der Waals surface area (Å²) in [6, 6.07) is 13.6. The van der Waals surface area contributed by atoms with E-state index in [2.05, 4.69) is 15.5 Å². The van der Waals surface area contributed by atoms with Crippen LogP contribution in [0.4, 0.5) is 5.69 Å². The molecule has 1 saturated heterocycles. The topological polar surface area (TPSA) is 70.7 Å². The minimum Gasteiger partial charge on any atom is -0.492 e. The summed E-state index contributed by atoms with van der Waals surface area (Å²) in [4.78, 5) is 28.3. The van der Waals surface area contributed by atoms with Gasteiger partial charge in [0.05, 0.1) is 10.2 Å². The number of rotatable bonds is 7. The second kappa shape index (κ2) is 8.85. The predicted octanol–water partition coefficient (Wildman–Crippen LogP) is 4.08. The average Bonchev–Trinajstić information content (AvgIpc) is 3.56. The van der Waals surface area contributed by atoms with E-state index in [1.54, 1.807) is 18.8 Å². The number of hydrogen-bond donors (Lipinski definition) is 2. The number of ether oxygens (including phenoxy) is 1. The number of carbonyl (C=O) groups is 2. The molecule has 1 aliphatic carbocycles. The lowest BCUT2D eigenvalue weighted by molar-refractivity contribution is -0.122. The quantitative estimate of drug-likeness (QED) is 0.618. The zero-order chi connectivity index (χ0) is 23.1. The third-order valence-electron chi connectivity index (χ3n) is 7.05. The molecule has 0 bridgehead atoms. The predicted molar refractivity (Wildman–Crippen MR) is 131 cm³/mol. The van der Waals surface area contributed by atoms with Crippen molar-refractivity contribution >= 4 is 40.9 Å². The van der Waals surface area contributed by atoms with E-state index in [0.29, 0.717) is 11.6 Å². The lowest BCUT2D eigenvalue weighted by atomic mass is 9.73. The van der Waals surface area contributed by atoms with E-state index in [4.69, 9.17) is 16.3 Å². The van der Waals surface area contributed by atoms with Crippen LogP contribution >= 0.6 is 23.4 Å². The first-order chi connectivity index (χ1) is 15.9. The number of thioether (sulfide) groups is 1. The summed E-state index contributed by atoms with van der Waals surface area (Å²) >= 11 is 7.84. The normalized spacial score (nSPS) is 20.2. The van der Waals surface area contributed by atoms with Gasteiger partial charge in [0.25, 0.3) is 0 Å². The molecule has 0 radical (unpaired) electrons. The van der Waals surface area contributed by atoms with Crippen LogP contribution in [0.3, 0.4) is 0 Å². The summed E-state index contributed by atoms with van der Waals surface area (Å²) in [5.74, 6) is 1.03. The van der Waals surface area contributed by atoms with Crippen LogP contribution in [-0.2, 0) is 15.0 Å². The monoisotopic (exact) mass is 485 g/mol. The van der Waals surface area contributed by atoms with E-state index < -0.39 is 5.41 Å². The molecule has 0 atom stereocenters. The van der Waals surface area contributed by atoms with Gasteiger partial charge in [-0.25, -0.2) is 0 Å². The van der Waals surface area contributed by atoms with Crippen molar-refractivity contribution in [2.24, 2.45) is 0 Å². The minimum absolute atomic E-state index is 0.0954. The molecule has 2 fully saturated rings.